The molecule has 3 rings (SSSR count). The molecule has 2 aromatic carbocycles. The van der Waals surface area contributed by atoms with Gasteiger partial charge in [0, 0.05) is 7.05 Å². The van der Waals surface area contributed by atoms with Gasteiger partial charge in [-0.15, -0.1) is 11.3 Å². The largest absolute Gasteiger partial charge is 0.445 e. The lowest BCUT2D eigenvalue weighted by Crippen LogP contribution is -2.45. The molecule has 0 radical (unpaired) electrons. The molecule has 2 amide bonds. The van der Waals surface area contributed by atoms with Gasteiger partial charge in [-0.05, 0) is 24.6 Å². The van der Waals surface area contributed by atoms with Gasteiger partial charge in [0.15, 0.2) is 0 Å². The number of aromatic nitrogens is 1. The predicted molar refractivity (Wildman–Crippen MR) is 105 cm³/mol. The topological polar surface area (TPSA) is 71.5 Å². The highest BCUT2D eigenvalue weighted by molar-refractivity contribution is 7.18. The molecule has 0 bridgehead atoms. The van der Waals surface area contributed by atoms with E-state index < -0.39 is 12.1 Å². The minimum atomic E-state index is -0.687. The normalized spacial score (nSPS) is 11.8. The lowest BCUT2D eigenvalue weighted by molar-refractivity contribution is -0.132. The van der Waals surface area contributed by atoms with Crippen molar-refractivity contribution in [3.8, 4) is 0 Å². The van der Waals surface area contributed by atoms with Crippen LogP contribution in [0.5, 0.6) is 0 Å². The van der Waals surface area contributed by atoms with Crippen molar-refractivity contribution >= 4 is 33.6 Å². The summed E-state index contributed by atoms with van der Waals surface area (Å²) in [7, 11) is 1.70. The maximum Gasteiger partial charge on any atom is 0.408 e. The molecule has 0 saturated carbocycles. The fourth-order valence-electron chi connectivity index (χ4n) is 2.60. The first kappa shape index (κ1) is 18.8. The number of rotatable bonds is 6. The average molecular weight is 383 g/mol. The van der Waals surface area contributed by atoms with Crippen LogP contribution in [0.25, 0.3) is 10.2 Å². The first-order valence-electron chi connectivity index (χ1n) is 8.59. The Balaban J connectivity index is 1.50. The highest BCUT2D eigenvalue weighted by atomic mass is 32.1. The van der Waals surface area contributed by atoms with E-state index in [1.807, 2.05) is 54.6 Å². The third-order valence-electron chi connectivity index (χ3n) is 4.00. The highest BCUT2D eigenvalue weighted by Gasteiger charge is 2.21. The van der Waals surface area contributed by atoms with E-state index in [9.17, 15) is 9.59 Å². The molecule has 1 aromatic heterocycles. The van der Waals surface area contributed by atoms with E-state index in [4.69, 9.17) is 4.74 Å². The van der Waals surface area contributed by atoms with Crippen LogP contribution in [0.3, 0.4) is 0 Å². The van der Waals surface area contributed by atoms with Crippen LogP contribution in [-0.2, 0) is 22.7 Å². The van der Waals surface area contributed by atoms with E-state index in [0.29, 0.717) is 6.54 Å². The smallest absolute Gasteiger partial charge is 0.408 e. The molecule has 6 nitrogen and oxygen atoms in total. The summed E-state index contributed by atoms with van der Waals surface area (Å²) in [5.41, 5.74) is 1.81. The summed E-state index contributed by atoms with van der Waals surface area (Å²) in [6.45, 7) is 2.19. The van der Waals surface area contributed by atoms with Crippen LogP contribution in [0.2, 0.25) is 0 Å². The molecular weight excluding hydrogens is 362 g/mol. The van der Waals surface area contributed by atoms with Crippen molar-refractivity contribution in [1.29, 1.82) is 0 Å². The number of carbonyl (C=O) groups is 2. The van der Waals surface area contributed by atoms with Crippen LogP contribution in [0.4, 0.5) is 4.79 Å². The third-order valence-corrected chi connectivity index (χ3v) is 5.03. The molecular formula is C20H21N3O3S. The fourth-order valence-corrected chi connectivity index (χ4v) is 3.62. The summed E-state index contributed by atoms with van der Waals surface area (Å²) >= 11 is 1.56. The van der Waals surface area contributed by atoms with Crippen LogP contribution < -0.4 is 5.32 Å². The number of hydrogen-bond donors (Lipinski definition) is 1. The predicted octanol–water partition coefficient (Wildman–Crippen LogP) is 3.57. The summed E-state index contributed by atoms with van der Waals surface area (Å²) in [6.07, 6.45) is -0.618. The number of benzene rings is 2. The Bertz CT molecular complexity index is 893. The highest BCUT2D eigenvalue weighted by Crippen LogP contribution is 2.22. The van der Waals surface area contributed by atoms with Gasteiger partial charge in [-0.3, -0.25) is 4.79 Å². The van der Waals surface area contributed by atoms with Gasteiger partial charge in [0.05, 0.1) is 16.8 Å². The number of thiazole rings is 1. The minimum absolute atomic E-state index is 0.162. The van der Waals surface area contributed by atoms with Crippen LogP contribution in [0, 0.1) is 0 Å². The number of hydrogen-bond acceptors (Lipinski definition) is 5. The first-order valence-corrected chi connectivity index (χ1v) is 9.41. The fraction of sp³-hybridized carbons (Fsp3) is 0.250. The molecule has 1 N–H and O–H groups in total. The van der Waals surface area contributed by atoms with Crippen molar-refractivity contribution in [2.24, 2.45) is 0 Å². The number of amides is 2. The lowest BCUT2D eigenvalue weighted by Gasteiger charge is -2.21. The molecule has 1 atom stereocenters. The van der Waals surface area contributed by atoms with Gasteiger partial charge in [-0.2, -0.15) is 0 Å². The van der Waals surface area contributed by atoms with E-state index in [0.717, 1.165) is 20.8 Å². The Morgan fingerprint density at radius 1 is 1.15 bits per heavy atom. The zero-order chi connectivity index (χ0) is 19.2. The lowest BCUT2D eigenvalue weighted by atomic mass is 10.2. The van der Waals surface area contributed by atoms with Crippen LogP contribution in [0.1, 0.15) is 17.5 Å². The number of para-hydroxylation sites is 1. The molecule has 140 valence electrons. The van der Waals surface area contributed by atoms with E-state index in [1.165, 1.54) is 0 Å². The number of ether oxygens (including phenoxy) is 1. The molecule has 1 unspecified atom stereocenters. The number of carbonyl (C=O) groups excluding carboxylic acids is 2. The molecule has 0 aliphatic rings. The number of nitrogens with one attached hydrogen (secondary N) is 1. The van der Waals surface area contributed by atoms with Gasteiger partial charge in [0.2, 0.25) is 5.91 Å². The summed E-state index contributed by atoms with van der Waals surface area (Å²) in [4.78, 5) is 30.5. The van der Waals surface area contributed by atoms with Gasteiger partial charge in [-0.1, -0.05) is 42.5 Å². The van der Waals surface area contributed by atoms with Gasteiger partial charge >= 0.3 is 6.09 Å². The second kappa shape index (κ2) is 8.64. The van der Waals surface area contributed by atoms with E-state index in [-0.39, 0.29) is 12.5 Å². The summed E-state index contributed by atoms with van der Waals surface area (Å²) in [5, 5.41) is 3.43. The van der Waals surface area contributed by atoms with Crippen molar-refractivity contribution in [3.63, 3.8) is 0 Å². The van der Waals surface area contributed by atoms with E-state index >= 15 is 0 Å². The molecule has 7 heteroatoms. The summed E-state index contributed by atoms with van der Waals surface area (Å²) in [6, 6.07) is 16.6. The van der Waals surface area contributed by atoms with E-state index in [1.54, 1.807) is 30.2 Å². The molecule has 27 heavy (non-hydrogen) atoms. The van der Waals surface area contributed by atoms with E-state index in [2.05, 4.69) is 10.3 Å². The molecule has 0 spiro atoms. The first-order chi connectivity index (χ1) is 13.0. The molecule has 3 aromatic rings. The Kier molecular flexibility index (Phi) is 6.03. The second-order valence-corrected chi connectivity index (χ2v) is 7.31. The monoisotopic (exact) mass is 383 g/mol. The van der Waals surface area contributed by atoms with Crippen molar-refractivity contribution in [1.82, 2.24) is 15.2 Å². The zero-order valence-electron chi connectivity index (χ0n) is 15.2. The van der Waals surface area contributed by atoms with Crippen LogP contribution in [0.15, 0.2) is 54.6 Å². The van der Waals surface area contributed by atoms with Crippen molar-refractivity contribution in [3.05, 3.63) is 65.2 Å². The Morgan fingerprint density at radius 3 is 2.59 bits per heavy atom. The second-order valence-electron chi connectivity index (χ2n) is 6.20. The number of alkyl carbamates (subject to hydrolysis) is 1. The number of nitrogens with zero attached hydrogens (tertiary/aromatic N) is 2. The van der Waals surface area contributed by atoms with Gasteiger partial charge in [0.25, 0.3) is 0 Å². The quantitative estimate of drug-likeness (QED) is 0.706. The van der Waals surface area contributed by atoms with Crippen LogP contribution >= 0.6 is 11.3 Å². The Labute approximate surface area is 161 Å². The SMILES string of the molecule is CC(NC(=O)OCc1ccccc1)C(=O)N(C)Cc1nc2ccccc2s1. The molecule has 0 saturated heterocycles. The third kappa shape index (κ3) is 5.04. The number of likely N-dealkylation sites (N-methyl/N-ethyl adjacent to an activating group) is 1. The summed E-state index contributed by atoms with van der Waals surface area (Å²) in [5.74, 6) is -0.203. The zero-order valence-corrected chi connectivity index (χ0v) is 16.0. The van der Waals surface area contributed by atoms with Crippen LogP contribution in [-0.4, -0.2) is 35.0 Å². The molecule has 0 fully saturated rings. The Hall–Kier alpha value is -2.93. The minimum Gasteiger partial charge on any atom is -0.445 e. The molecule has 0 aliphatic heterocycles. The van der Waals surface area contributed by atoms with Crippen molar-refractivity contribution in [2.75, 3.05) is 7.05 Å². The van der Waals surface area contributed by atoms with Crippen molar-refractivity contribution < 1.29 is 14.3 Å². The Morgan fingerprint density at radius 2 is 1.85 bits per heavy atom. The average Bonchev–Trinajstić information content (AvgIpc) is 3.08. The van der Waals surface area contributed by atoms with Gasteiger partial charge in [0.1, 0.15) is 17.7 Å². The summed E-state index contributed by atoms with van der Waals surface area (Å²) < 4.78 is 6.24. The maximum atomic E-state index is 12.5. The standard InChI is InChI=1S/C20H21N3O3S/c1-14(21-20(25)26-13-15-8-4-3-5-9-15)19(24)23(2)12-18-22-16-10-6-7-11-17(16)27-18/h3-11,14H,12-13H2,1-2H3,(H,21,25). The van der Waals surface area contributed by atoms with Gasteiger partial charge in [-0.25, -0.2) is 9.78 Å². The number of fused-ring (bicyclic) bond motifs is 1. The van der Waals surface area contributed by atoms with Gasteiger partial charge < -0.3 is 15.0 Å². The molecule has 1 heterocycles. The van der Waals surface area contributed by atoms with Crippen molar-refractivity contribution in [2.45, 2.75) is 26.1 Å². The maximum absolute atomic E-state index is 12.5. The molecule has 0 aliphatic carbocycles.